The van der Waals surface area contributed by atoms with E-state index in [9.17, 15) is 14.9 Å². The van der Waals surface area contributed by atoms with Crippen molar-refractivity contribution in [2.75, 3.05) is 58.6 Å². The lowest BCUT2D eigenvalue weighted by Gasteiger charge is -2.13. The van der Waals surface area contributed by atoms with Gasteiger partial charge in [-0.1, -0.05) is 70.1 Å². The Bertz CT molecular complexity index is 741. The summed E-state index contributed by atoms with van der Waals surface area (Å²) in [6.45, 7) is 4.91. The van der Waals surface area contributed by atoms with Crippen molar-refractivity contribution in [3.05, 3.63) is 39.9 Å². The molecule has 1 aromatic carbocycles. The Morgan fingerprint density at radius 1 is 0.842 bits per heavy atom. The maximum absolute atomic E-state index is 11.7. The molecule has 0 aromatic heterocycles. The number of rotatable bonds is 25. The third-order valence-electron chi connectivity index (χ3n) is 5.80. The lowest BCUT2D eigenvalue weighted by Crippen LogP contribution is -2.27. The number of nitro benzene ring substituents is 1. The largest absolute Gasteiger partial charge is 0.447 e. The second-order valence-corrected chi connectivity index (χ2v) is 9.46. The van der Waals surface area contributed by atoms with E-state index in [-0.39, 0.29) is 31.4 Å². The smallest absolute Gasteiger partial charge is 0.431 e. The van der Waals surface area contributed by atoms with Crippen LogP contribution in [0.5, 0.6) is 0 Å². The van der Waals surface area contributed by atoms with Crippen molar-refractivity contribution < 1.29 is 33.5 Å². The predicted molar refractivity (Wildman–Crippen MR) is 150 cm³/mol. The van der Waals surface area contributed by atoms with Gasteiger partial charge in [0.25, 0.3) is 5.69 Å². The highest BCUT2D eigenvalue weighted by atomic mass is 32.1. The summed E-state index contributed by atoms with van der Waals surface area (Å²) in [7, 11) is 0. The van der Waals surface area contributed by atoms with Gasteiger partial charge in [-0.3, -0.25) is 15.0 Å². The molecule has 0 aliphatic heterocycles. The molecule has 0 heterocycles. The third kappa shape index (κ3) is 18.4. The molecule has 1 unspecified atom stereocenters. The van der Waals surface area contributed by atoms with Crippen molar-refractivity contribution in [3.8, 4) is 0 Å². The number of nitro groups is 1. The fourth-order valence-corrected chi connectivity index (χ4v) is 3.92. The van der Waals surface area contributed by atoms with Crippen LogP contribution >= 0.6 is 12.6 Å². The molecule has 0 aliphatic rings. The van der Waals surface area contributed by atoms with Crippen LogP contribution in [-0.2, 0) is 23.8 Å². The van der Waals surface area contributed by atoms with E-state index in [4.69, 9.17) is 23.8 Å². The normalized spacial score (nSPS) is 11.8. The van der Waals surface area contributed by atoms with Gasteiger partial charge in [0.1, 0.15) is 6.61 Å². The predicted octanol–water partition coefficient (Wildman–Crippen LogP) is 5.85. The number of hydrogen-bond acceptors (Lipinski definition) is 9. The second-order valence-electron chi connectivity index (χ2n) is 9.01. The van der Waals surface area contributed by atoms with Gasteiger partial charge in [0.05, 0.1) is 44.6 Å². The Hall–Kier alpha value is -1.92. The number of nitrogens with zero attached hydrogens (tertiary/aromatic N) is 1. The molecule has 0 spiro atoms. The molecule has 0 radical (unpaired) electrons. The summed E-state index contributed by atoms with van der Waals surface area (Å²) in [6, 6.07) is 6.37. The van der Waals surface area contributed by atoms with E-state index in [2.05, 4.69) is 18.1 Å². The standard InChI is InChI=1S/C27H46N2O8S/c1-24(25-13-9-10-14-26(25)29(31)32)23-36-27(30)28-37-21-20-35-19-18-34-17-16-33-15-11-7-5-3-2-4-6-8-12-22-38/h9-10,13-14,24,38H,2-8,11-12,15-23H2,1H3,(H,28,30). The molecule has 218 valence electrons. The van der Waals surface area contributed by atoms with Gasteiger partial charge < -0.3 is 18.9 Å². The highest BCUT2D eigenvalue weighted by Crippen LogP contribution is 2.26. The first-order chi connectivity index (χ1) is 18.6. The van der Waals surface area contributed by atoms with Crippen molar-refractivity contribution in [2.45, 2.75) is 70.6 Å². The molecular weight excluding hydrogens is 512 g/mol. The molecule has 10 nitrogen and oxygen atoms in total. The fraction of sp³-hybridized carbons (Fsp3) is 0.741. The van der Waals surface area contributed by atoms with Gasteiger partial charge in [-0.05, 0) is 18.6 Å². The van der Waals surface area contributed by atoms with Crippen molar-refractivity contribution >= 4 is 24.4 Å². The number of hydroxylamine groups is 1. The second kappa shape index (κ2) is 24.1. The molecule has 0 fully saturated rings. The first-order valence-corrected chi connectivity index (χ1v) is 14.3. The quantitative estimate of drug-likeness (QED) is 0.0664. The molecule has 0 bridgehead atoms. The van der Waals surface area contributed by atoms with E-state index < -0.39 is 11.0 Å². The van der Waals surface area contributed by atoms with Crippen molar-refractivity contribution in [3.63, 3.8) is 0 Å². The number of thiol groups is 1. The number of amides is 1. The average Bonchev–Trinajstić information content (AvgIpc) is 2.92. The van der Waals surface area contributed by atoms with Crippen molar-refractivity contribution in [2.24, 2.45) is 0 Å². The van der Waals surface area contributed by atoms with Crippen LogP contribution < -0.4 is 5.48 Å². The lowest BCUT2D eigenvalue weighted by atomic mass is 10.0. The van der Waals surface area contributed by atoms with Crippen LogP contribution in [0.25, 0.3) is 0 Å². The summed E-state index contributed by atoms with van der Waals surface area (Å²) in [5.74, 6) is 0.666. The molecule has 38 heavy (non-hydrogen) atoms. The number of hydrogen-bond donors (Lipinski definition) is 2. The van der Waals surface area contributed by atoms with E-state index in [1.807, 2.05) is 0 Å². The maximum atomic E-state index is 11.7. The van der Waals surface area contributed by atoms with Crippen LogP contribution in [0.2, 0.25) is 0 Å². The molecular formula is C27H46N2O8S. The summed E-state index contributed by atoms with van der Waals surface area (Å²) in [5.41, 5.74) is 2.66. The van der Waals surface area contributed by atoms with Gasteiger partial charge in [-0.2, -0.15) is 18.1 Å². The minimum atomic E-state index is -0.769. The van der Waals surface area contributed by atoms with E-state index in [0.29, 0.717) is 32.0 Å². The minimum absolute atomic E-state index is 0.00307. The zero-order valence-corrected chi connectivity index (χ0v) is 23.7. The Morgan fingerprint density at radius 2 is 1.37 bits per heavy atom. The van der Waals surface area contributed by atoms with Gasteiger partial charge in [0.15, 0.2) is 0 Å². The van der Waals surface area contributed by atoms with Gasteiger partial charge >= 0.3 is 6.09 Å². The number of nitrogens with one attached hydrogen (secondary N) is 1. The monoisotopic (exact) mass is 558 g/mol. The molecule has 0 saturated heterocycles. The van der Waals surface area contributed by atoms with Crippen molar-refractivity contribution in [1.29, 1.82) is 0 Å². The van der Waals surface area contributed by atoms with E-state index >= 15 is 0 Å². The van der Waals surface area contributed by atoms with Crippen LogP contribution in [0.4, 0.5) is 10.5 Å². The van der Waals surface area contributed by atoms with Gasteiger partial charge in [-0.15, -0.1) is 0 Å². The average molecular weight is 559 g/mol. The molecule has 1 atom stereocenters. The zero-order chi connectivity index (χ0) is 27.7. The number of carbonyl (C=O) groups is 1. The highest BCUT2D eigenvalue weighted by molar-refractivity contribution is 7.80. The van der Waals surface area contributed by atoms with Crippen LogP contribution in [0.15, 0.2) is 24.3 Å². The summed E-state index contributed by atoms with van der Waals surface area (Å²) >= 11 is 4.23. The van der Waals surface area contributed by atoms with Crippen LogP contribution in [0.3, 0.4) is 0 Å². The SMILES string of the molecule is CC(COC(=O)NOCCOCCOCCOCCCCCCCCCCCS)c1ccccc1[N+](=O)[O-]. The van der Waals surface area contributed by atoms with Gasteiger partial charge in [0.2, 0.25) is 0 Å². The van der Waals surface area contributed by atoms with E-state index in [0.717, 1.165) is 18.8 Å². The molecule has 11 heteroatoms. The topological polar surface area (TPSA) is 118 Å². The summed E-state index contributed by atoms with van der Waals surface area (Å²) < 4.78 is 21.5. The fourth-order valence-electron chi connectivity index (χ4n) is 3.70. The molecule has 1 N–H and O–H groups in total. The zero-order valence-electron chi connectivity index (χ0n) is 22.8. The maximum Gasteiger partial charge on any atom is 0.431 e. The first kappa shape index (κ1) is 34.1. The summed E-state index contributed by atoms with van der Waals surface area (Å²) in [6.07, 6.45) is 10.7. The molecule has 1 aromatic rings. The highest BCUT2D eigenvalue weighted by Gasteiger charge is 2.19. The Labute approximate surface area is 232 Å². The van der Waals surface area contributed by atoms with Crippen LogP contribution in [0.1, 0.15) is 76.2 Å². The van der Waals surface area contributed by atoms with E-state index in [1.54, 1.807) is 25.1 Å². The van der Waals surface area contributed by atoms with Gasteiger partial charge in [0, 0.05) is 24.2 Å². The van der Waals surface area contributed by atoms with Gasteiger partial charge in [-0.25, -0.2) is 4.79 Å². The molecule has 1 rings (SSSR count). The number of para-hydroxylation sites is 1. The third-order valence-corrected chi connectivity index (χ3v) is 6.12. The molecule has 1 amide bonds. The van der Waals surface area contributed by atoms with Crippen LogP contribution in [0, 0.1) is 10.1 Å². The number of carbonyl (C=O) groups excluding carboxylic acids is 1. The summed E-state index contributed by atoms with van der Waals surface area (Å²) in [5, 5.41) is 11.1. The number of ether oxygens (including phenoxy) is 4. The first-order valence-electron chi connectivity index (χ1n) is 13.7. The Kier molecular flexibility index (Phi) is 21.7. The summed E-state index contributed by atoms with van der Waals surface area (Å²) in [4.78, 5) is 27.4. The molecule has 0 saturated carbocycles. The van der Waals surface area contributed by atoms with E-state index in [1.165, 1.54) is 57.4 Å². The molecule has 0 aliphatic carbocycles. The van der Waals surface area contributed by atoms with Crippen LogP contribution in [-0.4, -0.2) is 69.6 Å². The Morgan fingerprint density at radius 3 is 1.97 bits per heavy atom. The number of unbranched alkanes of at least 4 members (excludes halogenated alkanes) is 8. The minimum Gasteiger partial charge on any atom is -0.447 e. The lowest BCUT2D eigenvalue weighted by molar-refractivity contribution is -0.385. The van der Waals surface area contributed by atoms with Crippen molar-refractivity contribution in [1.82, 2.24) is 5.48 Å². The Balaban J connectivity index is 1.84. The number of benzene rings is 1.